The Morgan fingerprint density at radius 1 is 1.00 bits per heavy atom. The fourth-order valence-electron chi connectivity index (χ4n) is 0.763. The molecule has 0 atom stereocenters. The van der Waals surface area contributed by atoms with Crippen molar-refractivity contribution in [3.05, 3.63) is 0 Å². The Morgan fingerprint density at radius 2 is 1.33 bits per heavy atom. The molecule has 0 amide bonds. The van der Waals surface area contributed by atoms with Gasteiger partial charge < -0.3 is 1.43 Å². The van der Waals surface area contributed by atoms with E-state index in [4.69, 9.17) is 0 Å². The zero-order valence-corrected chi connectivity index (χ0v) is 9.57. The van der Waals surface area contributed by atoms with E-state index < -0.39 is 0 Å². The van der Waals surface area contributed by atoms with Gasteiger partial charge in [-0.3, -0.25) is 0 Å². The first-order chi connectivity index (χ1) is 4.13. The Bertz CT molecular complexity index is 54.3. The third-order valence-electron chi connectivity index (χ3n) is 1.28. The predicted molar refractivity (Wildman–Crippen MR) is 46.2 cm³/mol. The molecule has 55 valence electrons. The van der Waals surface area contributed by atoms with E-state index in [1.807, 2.05) is 0 Å². The van der Waals surface area contributed by atoms with Crippen molar-refractivity contribution in [1.29, 1.82) is 0 Å². The van der Waals surface area contributed by atoms with Crippen LogP contribution in [-0.4, -0.2) is 17.4 Å². The minimum absolute atomic E-state index is 0. The summed E-state index contributed by atoms with van der Waals surface area (Å²) in [5, 5.41) is 0. The molecule has 1 radical (unpaired) electrons. The number of hydrogen-bond acceptors (Lipinski definition) is 0. The van der Waals surface area contributed by atoms with Gasteiger partial charge in [-0.05, 0) is 0 Å². The van der Waals surface area contributed by atoms with Crippen LogP contribution in [0.15, 0.2) is 0 Å². The smallest absolute Gasteiger partial charge is 1.00 e. The van der Waals surface area contributed by atoms with Crippen molar-refractivity contribution in [2.45, 2.75) is 37.6 Å². The summed E-state index contributed by atoms with van der Waals surface area (Å²) in [7, 11) is 0. The van der Waals surface area contributed by atoms with E-state index in [0.29, 0.717) is 0 Å². The Hall–Kier alpha value is 0.636. The molecule has 1 heteroatoms. The average Bonchev–Trinajstić information content (AvgIpc) is 1.63. The van der Waals surface area contributed by atoms with Gasteiger partial charge in [0.05, 0.1) is 0 Å². The van der Waals surface area contributed by atoms with Crippen LogP contribution in [0, 0.1) is 11.8 Å². The van der Waals surface area contributed by atoms with Gasteiger partial charge in [0.2, 0.25) is 0 Å². The standard InChI is InChI=1S/2C4H9.Ga.H/c2*1-4(2)3;;/h2*4H,1H2,2-3H3;;/q;;;-1. The molecule has 0 heterocycles. The van der Waals surface area contributed by atoms with Gasteiger partial charge in [0.15, 0.2) is 0 Å². The zero-order valence-electron chi connectivity index (χ0n) is 8.15. The van der Waals surface area contributed by atoms with Gasteiger partial charge in [-0.15, -0.1) is 0 Å². The van der Waals surface area contributed by atoms with E-state index in [1.54, 1.807) is 9.95 Å². The van der Waals surface area contributed by atoms with Crippen LogP contribution >= 0.6 is 0 Å². The van der Waals surface area contributed by atoms with Crippen LogP contribution in [0.2, 0.25) is 9.95 Å². The fraction of sp³-hybridized carbons (Fsp3) is 1.00. The van der Waals surface area contributed by atoms with Gasteiger partial charge in [0.25, 0.3) is 0 Å². The van der Waals surface area contributed by atoms with Crippen LogP contribution in [0.5, 0.6) is 0 Å². The monoisotopic (exact) mass is 184 g/mol. The van der Waals surface area contributed by atoms with Gasteiger partial charge in [-0.25, -0.2) is 0 Å². The third kappa shape index (κ3) is 8.64. The Balaban J connectivity index is 0. The first-order valence-electron chi connectivity index (χ1n) is 3.94. The first kappa shape index (κ1) is 9.64. The zero-order chi connectivity index (χ0) is 7.28. The van der Waals surface area contributed by atoms with E-state index in [1.165, 1.54) is 0 Å². The second-order valence-electron chi connectivity index (χ2n) is 3.55. The Morgan fingerprint density at radius 3 is 1.56 bits per heavy atom. The van der Waals surface area contributed by atoms with Gasteiger partial charge in [0.1, 0.15) is 0 Å². The maximum atomic E-state index is 2.33. The molecule has 0 aromatic heterocycles. The minimum atomic E-state index is 0. The van der Waals surface area contributed by atoms with Crippen molar-refractivity contribution in [1.82, 2.24) is 0 Å². The van der Waals surface area contributed by atoms with E-state index in [-0.39, 0.29) is 18.8 Å². The molecule has 0 aliphatic heterocycles. The molecule has 0 aliphatic carbocycles. The van der Waals surface area contributed by atoms with Crippen LogP contribution in [0.3, 0.4) is 0 Å². The molecule has 0 nitrogen and oxygen atoms in total. The summed E-state index contributed by atoms with van der Waals surface area (Å²) in [6.07, 6.45) is 0. The molecule has 0 saturated heterocycles. The average molecular weight is 185 g/mol. The first-order valence-corrected chi connectivity index (χ1v) is 7.37. The summed E-state index contributed by atoms with van der Waals surface area (Å²) in [5.41, 5.74) is 0. The summed E-state index contributed by atoms with van der Waals surface area (Å²) < 4.78 is 0. The van der Waals surface area contributed by atoms with Crippen LogP contribution in [0.1, 0.15) is 29.1 Å². The molecule has 0 fully saturated rings. The second kappa shape index (κ2) is 5.42. The van der Waals surface area contributed by atoms with Crippen LogP contribution in [0.4, 0.5) is 0 Å². The summed E-state index contributed by atoms with van der Waals surface area (Å²) in [5.74, 6) is 1.92. The van der Waals surface area contributed by atoms with Crippen molar-refractivity contribution >= 4 is 17.4 Å². The van der Waals surface area contributed by atoms with Crippen molar-refractivity contribution < 1.29 is 1.43 Å². The summed E-state index contributed by atoms with van der Waals surface area (Å²) in [6, 6.07) is 0. The largest absolute Gasteiger partial charge is 1.00 e. The summed E-state index contributed by atoms with van der Waals surface area (Å²) in [6.45, 7) is 9.32. The molecule has 0 spiro atoms. The maximum absolute atomic E-state index is 2.33. The predicted octanol–water partition coefficient (Wildman–Crippen LogP) is 2.95. The molecule has 9 heavy (non-hydrogen) atoms. The second-order valence-corrected chi connectivity index (χ2v) is 6.74. The molecular formula is C8H19Ga-. The van der Waals surface area contributed by atoms with Gasteiger partial charge >= 0.3 is 66.9 Å². The summed E-state index contributed by atoms with van der Waals surface area (Å²) >= 11 is 0.179. The van der Waals surface area contributed by atoms with Gasteiger partial charge in [-0.1, -0.05) is 0 Å². The number of hydrogen-bond donors (Lipinski definition) is 0. The SMILES string of the molecule is CC(C)[CH2][Ga][CH2]C(C)C.[H-]. The van der Waals surface area contributed by atoms with E-state index in [2.05, 4.69) is 27.7 Å². The molecule has 0 unspecified atom stereocenters. The quantitative estimate of drug-likeness (QED) is 0.590. The topological polar surface area (TPSA) is 0 Å². The van der Waals surface area contributed by atoms with Crippen LogP contribution < -0.4 is 0 Å². The van der Waals surface area contributed by atoms with Crippen LogP contribution in [0.25, 0.3) is 0 Å². The molecule has 0 aliphatic rings. The number of rotatable bonds is 4. The van der Waals surface area contributed by atoms with Crippen molar-refractivity contribution in [2.75, 3.05) is 0 Å². The molecule has 0 aromatic rings. The molecule has 0 aromatic carbocycles. The molecule has 0 saturated carbocycles. The van der Waals surface area contributed by atoms with Gasteiger partial charge in [-0.2, -0.15) is 0 Å². The normalized spacial score (nSPS) is 10.9. The molecule has 0 N–H and O–H groups in total. The van der Waals surface area contributed by atoms with Gasteiger partial charge in [0, 0.05) is 0 Å². The molecule has 0 rings (SSSR count). The molecule has 0 bridgehead atoms. The Labute approximate surface area is 68.7 Å². The minimum Gasteiger partial charge on any atom is -1.00 e. The maximum Gasteiger partial charge on any atom is -1.00 e. The van der Waals surface area contributed by atoms with Crippen molar-refractivity contribution in [2.24, 2.45) is 11.8 Å². The summed E-state index contributed by atoms with van der Waals surface area (Å²) in [4.78, 5) is 3.11. The van der Waals surface area contributed by atoms with E-state index in [9.17, 15) is 0 Å². The van der Waals surface area contributed by atoms with Crippen LogP contribution in [-0.2, 0) is 0 Å². The third-order valence-corrected chi connectivity index (χ3v) is 6.63. The molecular weight excluding hydrogens is 166 g/mol. The van der Waals surface area contributed by atoms with Crippen molar-refractivity contribution in [3.8, 4) is 0 Å². The fourth-order valence-corrected chi connectivity index (χ4v) is 3.96. The van der Waals surface area contributed by atoms with E-state index >= 15 is 0 Å². The Kier molecular flexibility index (Phi) is 5.81. The van der Waals surface area contributed by atoms with Crippen molar-refractivity contribution in [3.63, 3.8) is 0 Å². The van der Waals surface area contributed by atoms with E-state index in [0.717, 1.165) is 11.8 Å².